The van der Waals surface area contributed by atoms with Gasteiger partial charge in [0, 0.05) is 30.9 Å². The van der Waals surface area contributed by atoms with Crippen molar-refractivity contribution >= 4 is 11.8 Å². The molecule has 1 aliphatic rings. The Hall–Kier alpha value is -2.89. The Labute approximate surface area is 146 Å². The number of benzene rings is 1. The topological polar surface area (TPSA) is 71.5 Å². The summed E-state index contributed by atoms with van der Waals surface area (Å²) in [6.07, 6.45) is 3.06. The van der Waals surface area contributed by atoms with Gasteiger partial charge < -0.3 is 15.0 Å². The zero-order chi connectivity index (χ0) is 17.6. The Kier molecular flexibility index (Phi) is 5.28. The Bertz CT molecular complexity index is 741. The number of hydrogen-bond acceptors (Lipinski definition) is 4. The van der Waals surface area contributed by atoms with Gasteiger partial charge in [-0.25, -0.2) is 4.98 Å². The second-order valence-corrected chi connectivity index (χ2v) is 5.97. The number of piperidine rings is 1. The minimum Gasteiger partial charge on any atom is -0.480 e. The van der Waals surface area contributed by atoms with Gasteiger partial charge >= 0.3 is 0 Å². The molecule has 0 atom stereocenters. The van der Waals surface area contributed by atoms with E-state index in [0.29, 0.717) is 30.1 Å². The average molecular weight is 339 g/mol. The van der Waals surface area contributed by atoms with Crippen LogP contribution in [0.25, 0.3) is 0 Å². The van der Waals surface area contributed by atoms with Crippen LogP contribution in [-0.2, 0) is 0 Å². The second kappa shape index (κ2) is 7.79. The zero-order valence-electron chi connectivity index (χ0n) is 14.1. The number of amides is 2. The van der Waals surface area contributed by atoms with Gasteiger partial charge in [-0.1, -0.05) is 18.2 Å². The van der Waals surface area contributed by atoms with Crippen LogP contribution in [0.3, 0.4) is 0 Å². The number of hydrogen-bond donors (Lipinski definition) is 1. The third-order valence-corrected chi connectivity index (χ3v) is 4.35. The molecule has 0 saturated carbocycles. The highest BCUT2D eigenvalue weighted by Gasteiger charge is 2.26. The molecule has 1 aliphatic heterocycles. The number of likely N-dealkylation sites (tertiary alicyclic amines) is 1. The summed E-state index contributed by atoms with van der Waals surface area (Å²) in [4.78, 5) is 30.7. The highest BCUT2D eigenvalue weighted by Crippen LogP contribution is 2.19. The van der Waals surface area contributed by atoms with E-state index in [4.69, 9.17) is 4.74 Å². The van der Waals surface area contributed by atoms with Crippen LogP contribution in [0.2, 0.25) is 0 Å². The quantitative estimate of drug-likeness (QED) is 0.926. The molecular weight excluding hydrogens is 318 g/mol. The number of carbonyl (C=O) groups is 2. The number of pyridine rings is 1. The molecule has 2 heterocycles. The summed E-state index contributed by atoms with van der Waals surface area (Å²) < 4.78 is 5.16. The lowest BCUT2D eigenvalue weighted by Crippen LogP contribution is -2.46. The fourth-order valence-corrected chi connectivity index (χ4v) is 2.97. The molecule has 1 fully saturated rings. The third-order valence-electron chi connectivity index (χ3n) is 4.35. The molecule has 0 bridgehead atoms. The van der Waals surface area contributed by atoms with Crippen molar-refractivity contribution in [3.8, 4) is 5.88 Å². The highest BCUT2D eigenvalue weighted by atomic mass is 16.5. The minimum absolute atomic E-state index is 0.0701. The lowest BCUT2D eigenvalue weighted by molar-refractivity contribution is 0.0694. The summed E-state index contributed by atoms with van der Waals surface area (Å²) in [5.41, 5.74) is 1.12. The van der Waals surface area contributed by atoms with Crippen LogP contribution in [0.15, 0.2) is 48.7 Å². The minimum atomic E-state index is -0.0854. The van der Waals surface area contributed by atoms with Gasteiger partial charge in [0.05, 0.1) is 7.11 Å². The van der Waals surface area contributed by atoms with E-state index >= 15 is 0 Å². The average Bonchev–Trinajstić information content (AvgIpc) is 2.68. The van der Waals surface area contributed by atoms with Gasteiger partial charge in [0.1, 0.15) is 5.56 Å². The Morgan fingerprint density at radius 1 is 1.12 bits per heavy atom. The number of nitrogens with one attached hydrogen (secondary N) is 1. The first-order valence-corrected chi connectivity index (χ1v) is 8.33. The lowest BCUT2D eigenvalue weighted by Gasteiger charge is -2.32. The van der Waals surface area contributed by atoms with E-state index in [1.54, 1.807) is 35.4 Å². The van der Waals surface area contributed by atoms with Crippen LogP contribution in [0.1, 0.15) is 33.6 Å². The van der Waals surface area contributed by atoms with Gasteiger partial charge in [-0.3, -0.25) is 9.59 Å². The molecule has 0 unspecified atom stereocenters. The SMILES string of the molecule is COc1ncccc1C(=O)N1CCC(NC(=O)c2ccccc2)CC1. The largest absolute Gasteiger partial charge is 0.480 e. The molecule has 0 radical (unpaired) electrons. The Morgan fingerprint density at radius 3 is 2.52 bits per heavy atom. The predicted molar refractivity (Wildman–Crippen MR) is 93.6 cm³/mol. The number of carbonyl (C=O) groups excluding carboxylic acids is 2. The van der Waals surface area contributed by atoms with Gasteiger partial charge in [-0.15, -0.1) is 0 Å². The molecule has 2 aromatic rings. The molecule has 3 rings (SSSR count). The second-order valence-electron chi connectivity index (χ2n) is 5.97. The molecule has 25 heavy (non-hydrogen) atoms. The molecule has 6 nitrogen and oxygen atoms in total. The molecule has 6 heteroatoms. The molecule has 1 saturated heterocycles. The summed E-state index contributed by atoms with van der Waals surface area (Å²) in [6.45, 7) is 1.19. The number of methoxy groups -OCH3 is 1. The predicted octanol–water partition coefficient (Wildman–Crippen LogP) is 2.12. The molecule has 0 aliphatic carbocycles. The van der Waals surface area contributed by atoms with E-state index in [9.17, 15) is 9.59 Å². The molecule has 1 N–H and O–H groups in total. The lowest BCUT2D eigenvalue weighted by atomic mass is 10.0. The summed E-state index contributed by atoms with van der Waals surface area (Å²) in [5.74, 6) is 0.184. The third kappa shape index (κ3) is 3.96. The van der Waals surface area contributed by atoms with Crippen LogP contribution in [0.4, 0.5) is 0 Å². The van der Waals surface area contributed by atoms with Gasteiger partial charge in [0.25, 0.3) is 11.8 Å². The van der Waals surface area contributed by atoms with E-state index in [1.807, 2.05) is 18.2 Å². The van der Waals surface area contributed by atoms with E-state index in [2.05, 4.69) is 10.3 Å². The molecule has 1 aromatic heterocycles. The van der Waals surface area contributed by atoms with Crippen molar-refractivity contribution < 1.29 is 14.3 Å². The Morgan fingerprint density at radius 2 is 1.84 bits per heavy atom. The summed E-state index contributed by atoms with van der Waals surface area (Å²) in [6, 6.07) is 12.7. The van der Waals surface area contributed by atoms with Crippen molar-refractivity contribution in [3.63, 3.8) is 0 Å². The van der Waals surface area contributed by atoms with Crippen molar-refractivity contribution in [2.75, 3.05) is 20.2 Å². The maximum absolute atomic E-state index is 12.6. The van der Waals surface area contributed by atoms with Crippen molar-refractivity contribution in [2.24, 2.45) is 0 Å². The number of rotatable bonds is 4. The van der Waals surface area contributed by atoms with Gasteiger partial charge in [0.2, 0.25) is 5.88 Å². The Balaban J connectivity index is 1.57. The number of nitrogens with zero attached hydrogens (tertiary/aromatic N) is 2. The van der Waals surface area contributed by atoms with E-state index in [0.717, 1.165) is 12.8 Å². The van der Waals surface area contributed by atoms with E-state index in [1.165, 1.54) is 7.11 Å². The summed E-state index contributed by atoms with van der Waals surface area (Å²) in [7, 11) is 1.50. The van der Waals surface area contributed by atoms with Crippen LogP contribution in [0.5, 0.6) is 5.88 Å². The fraction of sp³-hybridized carbons (Fsp3) is 0.316. The van der Waals surface area contributed by atoms with Crippen LogP contribution >= 0.6 is 0 Å². The van der Waals surface area contributed by atoms with E-state index in [-0.39, 0.29) is 17.9 Å². The standard InChI is InChI=1S/C19H21N3O3/c1-25-18-16(8-5-11-20-18)19(24)22-12-9-15(10-13-22)21-17(23)14-6-3-2-4-7-14/h2-8,11,15H,9-10,12-13H2,1H3,(H,21,23). The highest BCUT2D eigenvalue weighted by molar-refractivity contribution is 5.96. The normalized spacial score (nSPS) is 14.8. The smallest absolute Gasteiger partial charge is 0.259 e. The van der Waals surface area contributed by atoms with Crippen LogP contribution in [-0.4, -0.2) is 47.9 Å². The maximum atomic E-state index is 12.6. The number of ether oxygens (including phenoxy) is 1. The van der Waals surface area contributed by atoms with Crippen LogP contribution in [0, 0.1) is 0 Å². The van der Waals surface area contributed by atoms with Gasteiger partial charge in [0.15, 0.2) is 0 Å². The van der Waals surface area contributed by atoms with Crippen molar-refractivity contribution in [1.29, 1.82) is 0 Å². The van der Waals surface area contributed by atoms with Gasteiger partial charge in [-0.2, -0.15) is 0 Å². The van der Waals surface area contributed by atoms with Crippen molar-refractivity contribution in [2.45, 2.75) is 18.9 Å². The molecule has 2 amide bonds. The molecular formula is C19H21N3O3. The zero-order valence-corrected chi connectivity index (χ0v) is 14.1. The first-order chi connectivity index (χ1) is 12.2. The molecule has 0 spiro atoms. The van der Waals surface area contributed by atoms with Crippen molar-refractivity contribution in [3.05, 3.63) is 59.8 Å². The van der Waals surface area contributed by atoms with Crippen molar-refractivity contribution in [1.82, 2.24) is 15.2 Å². The van der Waals surface area contributed by atoms with E-state index < -0.39 is 0 Å². The fourth-order valence-electron chi connectivity index (χ4n) is 2.97. The van der Waals surface area contributed by atoms with Crippen LogP contribution < -0.4 is 10.1 Å². The summed E-state index contributed by atoms with van der Waals surface area (Å²) in [5, 5.41) is 3.04. The monoisotopic (exact) mass is 339 g/mol. The first kappa shape index (κ1) is 17.0. The maximum Gasteiger partial charge on any atom is 0.259 e. The molecule has 1 aromatic carbocycles. The molecule has 130 valence electrons. The summed E-state index contributed by atoms with van der Waals surface area (Å²) >= 11 is 0. The first-order valence-electron chi connectivity index (χ1n) is 8.33. The van der Waals surface area contributed by atoms with Gasteiger partial charge in [-0.05, 0) is 37.1 Å². The number of aromatic nitrogens is 1.